The van der Waals surface area contributed by atoms with E-state index in [-0.39, 0.29) is 26.6 Å². The molecule has 5 heterocycles. The summed E-state index contributed by atoms with van der Waals surface area (Å²) in [6.45, 7) is 2.48. The van der Waals surface area contributed by atoms with Crippen LogP contribution in [0.15, 0.2) is 71.5 Å². The standard InChI is InChI=1S/C40H37ClF6N6O5S/c1-23-26(8-9-29(34(23)41)55-19-18-52-16-14-51(3)15-17-52)32-33-37(48-22-49-38(33)59-35(32)30-10-11-31(42)57-30)58-36(24(2)54)40(46,47)27-6-4-5-7-28(27)56-20-25-12-13-50-53(25)21-39(43,44)45/h4-13,22,36H,14-21H2,1-3H3/t36-/m0/s1/i20D2. The maximum Gasteiger partial charge on any atom is 0.408 e. The Morgan fingerprint density at radius 3 is 2.49 bits per heavy atom. The summed E-state index contributed by atoms with van der Waals surface area (Å²) in [5, 5.41) is 3.82. The van der Waals surface area contributed by atoms with E-state index in [1.165, 1.54) is 18.2 Å². The van der Waals surface area contributed by atoms with E-state index in [1.54, 1.807) is 19.1 Å². The molecule has 1 saturated heterocycles. The number of carbonyl (C=O) groups is 1. The molecule has 7 rings (SSSR count). The largest absolute Gasteiger partial charge is 0.491 e. The van der Waals surface area contributed by atoms with Crippen LogP contribution in [0.5, 0.6) is 17.4 Å². The first-order valence-electron chi connectivity index (χ1n) is 19.1. The predicted octanol–water partition coefficient (Wildman–Crippen LogP) is 8.81. The molecule has 0 bridgehead atoms. The van der Waals surface area contributed by atoms with Crippen LogP contribution in [0.1, 0.15) is 26.5 Å². The first-order valence-corrected chi connectivity index (χ1v) is 19.3. The number of benzene rings is 2. The van der Waals surface area contributed by atoms with E-state index < -0.39 is 66.0 Å². The zero-order valence-corrected chi connectivity index (χ0v) is 33.2. The molecule has 59 heavy (non-hydrogen) atoms. The van der Waals surface area contributed by atoms with Gasteiger partial charge in [-0.15, -0.1) is 11.3 Å². The van der Waals surface area contributed by atoms with Crippen LogP contribution in [-0.4, -0.2) is 94.0 Å². The van der Waals surface area contributed by atoms with E-state index in [4.69, 9.17) is 33.0 Å². The summed E-state index contributed by atoms with van der Waals surface area (Å²) in [4.78, 5) is 26.7. The Morgan fingerprint density at radius 2 is 1.78 bits per heavy atom. The van der Waals surface area contributed by atoms with Gasteiger partial charge in [-0.1, -0.05) is 29.8 Å². The third-order valence-electron chi connectivity index (χ3n) is 9.62. The van der Waals surface area contributed by atoms with E-state index in [1.807, 2.05) is 0 Å². The molecule has 0 saturated carbocycles. The highest BCUT2D eigenvalue weighted by atomic mass is 35.5. The average Bonchev–Trinajstić information content (AvgIpc) is 3.94. The molecule has 312 valence electrons. The lowest BCUT2D eigenvalue weighted by atomic mass is 9.97. The second kappa shape index (κ2) is 17.2. The number of piperazine rings is 1. The number of ketones is 1. The number of likely N-dealkylation sites (N-methyl/N-ethyl adjacent to an activating group) is 1. The van der Waals surface area contributed by atoms with E-state index in [0.29, 0.717) is 39.6 Å². The van der Waals surface area contributed by atoms with Gasteiger partial charge in [-0.3, -0.25) is 14.4 Å². The highest BCUT2D eigenvalue weighted by Crippen LogP contribution is 2.50. The summed E-state index contributed by atoms with van der Waals surface area (Å²) in [5.74, 6) is -6.28. The fourth-order valence-electron chi connectivity index (χ4n) is 6.58. The molecule has 6 aromatic rings. The Balaban J connectivity index is 1.25. The number of Topliss-reactive ketones (excluding diaryl/α,β-unsaturated/α-hetero) is 1. The van der Waals surface area contributed by atoms with Crippen molar-refractivity contribution < 1.29 is 52.5 Å². The number of fused-ring (bicyclic) bond motifs is 1. The summed E-state index contributed by atoms with van der Waals surface area (Å²) in [6.07, 6.45) is -5.47. The van der Waals surface area contributed by atoms with E-state index in [9.17, 15) is 22.4 Å². The lowest BCUT2D eigenvalue weighted by molar-refractivity contribution is -0.148. The van der Waals surface area contributed by atoms with Crippen LogP contribution in [0.2, 0.25) is 5.02 Å². The van der Waals surface area contributed by atoms with Crippen molar-refractivity contribution in [2.75, 3.05) is 46.4 Å². The van der Waals surface area contributed by atoms with Crippen molar-refractivity contribution in [3.05, 3.63) is 95.0 Å². The van der Waals surface area contributed by atoms with Gasteiger partial charge in [-0.25, -0.2) is 9.97 Å². The Labute approximate surface area is 345 Å². The monoisotopic (exact) mass is 864 g/mol. The number of alkyl halides is 5. The van der Waals surface area contributed by atoms with Crippen molar-refractivity contribution in [3.63, 3.8) is 0 Å². The van der Waals surface area contributed by atoms with Crippen molar-refractivity contribution >= 4 is 38.9 Å². The van der Waals surface area contributed by atoms with E-state index in [0.717, 1.165) is 81.2 Å². The fourth-order valence-corrected chi connectivity index (χ4v) is 7.91. The van der Waals surface area contributed by atoms with Crippen LogP contribution < -0.4 is 14.2 Å². The Bertz CT molecular complexity index is 2540. The molecule has 2 aromatic carbocycles. The number of hydrogen-bond acceptors (Lipinski definition) is 11. The minimum atomic E-state index is -4.79. The smallest absolute Gasteiger partial charge is 0.408 e. The van der Waals surface area contributed by atoms with E-state index >= 15 is 8.78 Å². The van der Waals surface area contributed by atoms with Gasteiger partial charge in [-0.05, 0) is 62.4 Å². The lowest BCUT2D eigenvalue weighted by Crippen LogP contribution is -2.45. The molecule has 0 amide bonds. The number of ether oxygens (including phenoxy) is 3. The first kappa shape index (κ1) is 39.3. The summed E-state index contributed by atoms with van der Waals surface area (Å²) < 4.78 is 128. The zero-order chi connectivity index (χ0) is 43.9. The van der Waals surface area contributed by atoms with Crippen LogP contribution in [0.3, 0.4) is 0 Å². The number of para-hydroxylation sites is 1. The lowest BCUT2D eigenvalue weighted by Gasteiger charge is -2.32. The van der Waals surface area contributed by atoms with Gasteiger partial charge >= 0.3 is 12.1 Å². The van der Waals surface area contributed by atoms with Crippen LogP contribution in [0.25, 0.3) is 32.0 Å². The Morgan fingerprint density at radius 1 is 1.02 bits per heavy atom. The Hall–Kier alpha value is -5.17. The summed E-state index contributed by atoms with van der Waals surface area (Å²) in [6, 6.07) is 10.1. The number of furan rings is 1. The number of aromatic nitrogens is 4. The fraction of sp³-hybridized carbons (Fsp3) is 0.350. The highest BCUT2D eigenvalue weighted by molar-refractivity contribution is 7.22. The molecule has 19 heteroatoms. The van der Waals surface area contributed by atoms with Gasteiger partial charge in [-0.2, -0.15) is 31.4 Å². The highest BCUT2D eigenvalue weighted by Gasteiger charge is 2.49. The molecule has 0 N–H and O–H groups in total. The van der Waals surface area contributed by atoms with Gasteiger partial charge in [0.25, 0.3) is 6.01 Å². The SMILES string of the molecule is [2H]C([2H])(Oc1ccccc1C(F)(F)[C@@H](Oc1ncnc2sc(-c3ccc(F)o3)c(-c3ccc(OCCN4CCN(C)CC4)c(Cl)c3C)c12)C(C)=O)c1ccnn1CC(F)(F)F. The second-order valence-corrected chi connectivity index (χ2v) is 15.1. The summed E-state index contributed by atoms with van der Waals surface area (Å²) >= 11 is 7.92. The average molecular weight is 865 g/mol. The summed E-state index contributed by atoms with van der Waals surface area (Å²) in [5.41, 5.74) is -0.526. The number of nitrogens with zero attached hydrogens (tertiary/aromatic N) is 6. The third kappa shape index (κ3) is 9.20. The van der Waals surface area contributed by atoms with Gasteiger partial charge in [0.05, 0.1) is 29.3 Å². The maximum absolute atomic E-state index is 16.9. The quantitative estimate of drug-likeness (QED) is 0.0930. The zero-order valence-electron chi connectivity index (χ0n) is 33.7. The topological polar surface area (TPSA) is 108 Å². The number of carbonyl (C=O) groups excluding carboxylic acids is 1. The molecule has 0 aliphatic carbocycles. The third-order valence-corrected chi connectivity index (χ3v) is 11.2. The minimum Gasteiger partial charge on any atom is -0.491 e. The molecular formula is C40H37ClF6N6O5S. The van der Waals surface area contributed by atoms with Crippen LogP contribution >= 0.6 is 22.9 Å². The minimum absolute atomic E-state index is 0.0584. The molecule has 0 unspecified atom stereocenters. The molecule has 11 nitrogen and oxygen atoms in total. The van der Waals surface area contributed by atoms with Gasteiger partial charge in [0.15, 0.2) is 5.78 Å². The van der Waals surface area contributed by atoms with Crippen LogP contribution in [-0.2, 0) is 23.8 Å². The van der Waals surface area contributed by atoms with Gasteiger partial charge in [0.1, 0.15) is 48.1 Å². The normalized spacial score (nSPS) is 15.6. The van der Waals surface area contributed by atoms with Gasteiger partial charge in [0, 0.05) is 50.6 Å². The van der Waals surface area contributed by atoms with Crippen molar-refractivity contribution in [2.45, 2.75) is 45.2 Å². The Kier molecular flexibility index (Phi) is 11.5. The molecule has 1 aliphatic heterocycles. The maximum atomic E-state index is 16.9. The van der Waals surface area contributed by atoms with Crippen molar-refractivity contribution in [3.8, 4) is 39.1 Å². The van der Waals surface area contributed by atoms with Crippen molar-refractivity contribution in [1.29, 1.82) is 0 Å². The molecule has 0 radical (unpaired) electrons. The van der Waals surface area contributed by atoms with Gasteiger partial charge < -0.3 is 23.5 Å². The summed E-state index contributed by atoms with van der Waals surface area (Å²) in [7, 11) is 2.07. The number of rotatable bonds is 15. The molecular weight excluding hydrogens is 826 g/mol. The van der Waals surface area contributed by atoms with Crippen LogP contribution in [0, 0.1) is 12.9 Å². The number of thiophene rings is 1. The van der Waals surface area contributed by atoms with Crippen LogP contribution in [0.4, 0.5) is 26.3 Å². The van der Waals surface area contributed by atoms with Crippen molar-refractivity contribution in [2.24, 2.45) is 0 Å². The number of halogens is 7. The predicted molar refractivity (Wildman–Crippen MR) is 208 cm³/mol. The van der Waals surface area contributed by atoms with E-state index in [2.05, 4.69) is 31.9 Å². The molecule has 4 aromatic heterocycles. The second-order valence-electron chi connectivity index (χ2n) is 13.7. The van der Waals surface area contributed by atoms with Gasteiger partial charge in [0.2, 0.25) is 12.0 Å². The molecule has 1 fully saturated rings. The molecule has 1 aliphatic rings. The van der Waals surface area contributed by atoms with Crippen molar-refractivity contribution in [1.82, 2.24) is 29.5 Å². The number of hydrogen-bond donors (Lipinski definition) is 0. The first-order chi connectivity index (χ1) is 28.8. The molecule has 0 spiro atoms. The molecule has 1 atom stereocenters.